The van der Waals surface area contributed by atoms with Crippen LogP contribution in [0.25, 0.3) is 0 Å². The molecular weight excluding hydrogens is 221 g/mol. The molecule has 88 valence electrons. The average molecular weight is 233 g/mol. The van der Waals surface area contributed by atoms with Gasteiger partial charge in [0.25, 0.3) is 5.91 Å². The normalized spacial score (nSPS) is 10.2. The van der Waals surface area contributed by atoms with Gasteiger partial charge in [-0.05, 0) is 30.2 Å². The predicted octanol–water partition coefficient (Wildman–Crippen LogP) is 2.66. The molecule has 0 bridgehead atoms. The number of amides is 1. The number of halogens is 1. The standard InChI is InChI=1S/C13H12FNO2/c1-9-6-10(2-3-12(9)14)7-15-13(16)11-4-5-17-8-11/h2-6,8H,7H2,1H3,(H,15,16). The van der Waals surface area contributed by atoms with E-state index in [9.17, 15) is 9.18 Å². The van der Waals surface area contributed by atoms with E-state index in [1.54, 1.807) is 25.1 Å². The zero-order valence-corrected chi connectivity index (χ0v) is 9.37. The quantitative estimate of drug-likeness (QED) is 0.885. The van der Waals surface area contributed by atoms with Crippen molar-refractivity contribution in [1.82, 2.24) is 5.32 Å². The SMILES string of the molecule is Cc1cc(CNC(=O)c2ccoc2)ccc1F. The van der Waals surface area contributed by atoms with Gasteiger partial charge in [-0.1, -0.05) is 12.1 Å². The first-order chi connectivity index (χ1) is 8.16. The monoisotopic (exact) mass is 233 g/mol. The lowest BCUT2D eigenvalue weighted by Crippen LogP contribution is -2.22. The van der Waals surface area contributed by atoms with E-state index in [-0.39, 0.29) is 11.7 Å². The molecular formula is C13H12FNO2. The van der Waals surface area contributed by atoms with Gasteiger partial charge in [0.05, 0.1) is 11.8 Å². The van der Waals surface area contributed by atoms with Crippen molar-refractivity contribution in [2.24, 2.45) is 0 Å². The van der Waals surface area contributed by atoms with Crippen molar-refractivity contribution < 1.29 is 13.6 Å². The molecule has 0 spiro atoms. The maximum atomic E-state index is 13.0. The van der Waals surface area contributed by atoms with Gasteiger partial charge in [0.1, 0.15) is 12.1 Å². The van der Waals surface area contributed by atoms with Gasteiger partial charge in [-0.3, -0.25) is 4.79 Å². The molecule has 3 nitrogen and oxygen atoms in total. The fraction of sp³-hybridized carbons (Fsp3) is 0.154. The van der Waals surface area contributed by atoms with Crippen molar-refractivity contribution in [2.45, 2.75) is 13.5 Å². The van der Waals surface area contributed by atoms with E-state index in [0.717, 1.165) is 5.56 Å². The van der Waals surface area contributed by atoms with E-state index in [4.69, 9.17) is 4.42 Å². The number of furan rings is 1. The second-order valence-electron chi connectivity index (χ2n) is 3.78. The molecule has 1 amide bonds. The predicted molar refractivity (Wildman–Crippen MR) is 61.0 cm³/mol. The van der Waals surface area contributed by atoms with Gasteiger partial charge in [0.2, 0.25) is 0 Å². The minimum Gasteiger partial charge on any atom is -0.472 e. The molecule has 1 N–H and O–H groups in total. The molecule has 17 heavy (non-hydrogen) atoms. The Hall–Kier alpha value is -2.10. The molecule has 0 saturated heterocycles. The van der Waals surface area contributed by atoms with Gasteiger partial charge in [-0.15, -0.1) is 0 Å². The van der Waals surface area contributed by atoms with Gasteiger partial charge in [-0.2, -0.15) is 0 Å². The van der Waals surface area contributed by atoms with Gasteiger partial charge < -0.3 is 9.73 Å². The van der Waals surface area contributed by atoms with Crippen LogP contribution in [0.3, 0.4) is 0 Å². The second-order valence-corrected chi connectivity index (χ2v) is 3.78. The summed E-state index contributed by atoms with van der Waals surface area (Å²) in [5.41, 5.74) is 1.91. The molecule has 1 heterocycles. The largest absolute Gasteiger partial charge is 0.472 e. The molecule has 0 saturated carbocycles. The van der Waals surface area contributed by atoms with E-state index < -0.39 is 0 Å². The Bertz CT molecular complexity index is 520. The molecule has 4 heteroatoms. The van der Waals surface area contributed by atoms with E-state index >= 15 is 0 Å². The Morgan fingerprint density at radius 2 is 2.24 bits per heavy atom. The highest BCUT2D eigenvalue weighted by Gasteiger charge is 2.06. The van der Waals surface area contributed by atoms with Crippen LogP contribution in [0.5, 0.6) is 0 Å². The first-order valence-corrected chi connectivity index (χ1v) is 5.22. The van der Waals surface area contributed by atoms with Crippen LogP contribution in [-0.4, -0.2) is 5.91 Å². The summed E-state index contributed by atoms with van der Waals surface area (Å²) in [6.07, 6.45) is 2.82. The molecule has 1 aromatic heterocycles. The first-order valence-electron chi connectivity index (χ1n) is 5.22. The average Bonchev–Trinajstić information content (AvgIpc) is 2.84. The smallest absolute Gasteiger partial charge is 0.254 e. The molecule has 0 unspecified atom stereocenters. The fourth-order valence-electron chi connectivity index (χ4n) is 1.49. The Morgan fingerprint density at radius 1 is 1.41 bits per heavy atom. The molecule has 2 aromatic rings. The maximum Gasteiger partial charge on any atom is 0.254 e. The molecule has 0 aliphatic rings. The molecule has 0 radical (unpaired) electrons. The van der Waals surface area contributed by atoms with Crippen LogP contribution in [0.4, 0.5) is 4.39 Å². The van der Waals surface area contributed by atoms with E-state index in [1.165, 1.54) is 18.6 Å². The number of carbonyl (C=O) groups is 1. The summed E-state index contributed by atoms with van der Waals surface area (Å²) in [5.74, 6) is -0.448. The number of nitrogens with one attached hydrogen (secondary N) is 1. The van der Waals surface area contributed by atoms with Crippen LogP contribution in [-0.2, 0) is 6.54 Å². The summed E-state index contributed by atoms with van der Waals surface area (Å²) in [5, 5.41) is 2.73. The molecule has 0 fully saturated rings. The van der Waals surface area contributed by atoms with Gasteiger partial charge in [-0.25, -0.2) is 4.39 Å². The highest BCUT2D eigenvalue weighted by molar-refractivity contribution is 5.93. The summed E-state index contributed by atoms with van der Waals surface area (Å²) in [6.45, 7) is 2.06. The summed E-state index contributed by atoms with van der Waals surface area (Å²) < 4.78 is 17.8. The van der Waals surface area contributed by atoms with Crippen LogP contribution in [0.15, 0.2) is 41.2 Å². The maximum absolute atomic E-state index is 13.0. The van der Waals surface area contributed by atoms with Crippen molar-refractivity contribution in [2.75, 3.05) is 0 Å². The molecule has 0 atom stereocenters. The number of hydrogen-bond donors (Lipinski definition) is 1. The third kappa shape index (κ3) is 2.72. The highest BCUT2D eigenvalue weighted by atomic mass is 19.1. The summed E-state index contributed by atoms with van der Waals surface area (Å²) >= 11 is 0. The molecule has 0 aliphatic heterocycles. The van der Waals surface area contributed by atoms with Crippen molar-refractivity contribution in [3.63, 3.8) is 0 Å². The minimum absolute atomic E-state index is 0.208. The Kier molecular flexibility index (Phi) is 3.23. The Morgan fingerprint density at radius 3 is 2.88 bits per heavy atom. The first kappa shape index (κ1) is 11.4. The number of rotatable bonds is 3. The van der Waals surface area contributed by atoms with E-state index in [1.807, 2.05) is 0 Å². The van der Waals surface area contributed by atoms with Crippen molar-refractivity contribution >= 4 is 5.91 Å². The van der Waals surface area contributed by atoms with Crippen molar-refractivity contribution in [3.05, 3.63) is 59.3 Å². The second kappa shape index (κ2) is 4.82. The summed E-state index contributed by atoms with van der Waals surface area (Å²) in [7, 11) is 0. The zero-order chi connectivity index (χ0) is 12.3. The van der Waals surface area contributed by atoms with Crippen LogP contribution >= 0.6 is 0 Å². The number of carbonyl (C=O) groups excluding carboxylic acids is 1. The van der Waals surface area contributed by atoms with E-state index in [0.29, 0.717) is 17.7 Å². The molecule has 0 aliphatic carbocycles. The topological polar surface area (TPSA) is 42.2 Å². The van der Waals surface area contributed by atoms with Crippen molar-refractivity contribution in [1.29, 1.82) is 0 Å². The zero-order valence-electron chi connectivity index (χ0n) is 9.37. The Balaban J connectivity index is 1.98. The minimum atomic E-state index is -0.241. The van der Waals surface area contributed by atoms with Crippen LogP contribution in [0.1, 0.15) is 21.5 Å². The van der Waals surface area contributed by atoms with Crippen LogP contribution < -0.4 is 5.32 Å². The van der Waals surface area contributed by atoms with Gasteiger partial charge >= 0.3 is 0 Å². The number of hydrogen-bond acceptors (Lipinski definition) is 2. The molecule has 2 rings (SSSR count). The van der Waals surface area contributed by atoms with Crippen LogP contribution in [0.2, 0.25) is 0 Å². The lowest BCUT2D eigenvalue weighted by Gasteiger charge is -2.05. The summed E-state index contributed by atoms with van der Waals surface area (Å²) in [6, 6.07) is 6.35. The summed E-state index contributed by atoms with van der Waals surface area (Å²) in [4.78, 5) is 11.6. The third-order valence-corrected chi connectivity index (χ3v) is 2.46. The third-order valence-electron chi connectivity index (χ3n) is 2.46. The van der Waals surface area contributed by atoms with Crippen LogP contribution in [0, 0.1) is 12.7 Å². The van der Waals surface area contributed by atoms with Gasteiger partial charge in [0.15, 0.2) is 0 Å². The number of aryl methyl sites for hydroxylation is 1. The van der Waals surface area contributed by atoms with E-state index in [2.05, 4.69) is 5.32 Å². The Labute approximate surface area is 98.3 Å². The van der Waals surface area contributed by atoms with Gasteiger partial charge in [0, 0.05) is 6.54 Å². The highest BCUT2D eigenvalue weighted by Crippen LogP contribution is 2.09. The number of benzene rings is 1. The molecule has 1 aromatic carbocycles. The lowest BCUT2D eigenvalue weighted by atomic mass is 10.1. The van der Waals surface area contributed by atoms with Crippen molar-refractivity contribution in [3.8, 4) is 0 Å². The fourth-order valence-corrected chi connectivity index (χ4v) is 1.49. The lowest BCUT2D eigenvalue weighted by molar-refractivity contribution is 0.0950.